The number of benzene rings is 2. The highest BCUT2D eigenvalue weighted by Gasteiger charge is 2.32. The second kappa shape index (κ2) is 9.63. The predicted molar refractivity (Wildman–Crippen MR) is 130 cm³/mol. The molecule has 0 bridgehead atoms. The fourth-order valence-electron chi connectivity index (χ4n) is 3.58. The minimum atomic E-state index is -0.560. The predicted octanol–water partition coefficient (Wildman–Crippen LogP) is 6.58. The molecule has 9 heteroatoms. The number of rotatable bonds is 8. The molecule has 1 aliphatic carbocycles. The Morgan fingerprint density at radius 2 is 1.85 bits per heavy atom. The summed E-state index contributed by atoms with van der Waals surface area (Å²) in [6, 6.07) is 18.4. The average molecular weight is 499 g/mol. The average Bonchev–Trinajstić information content (AvgIpc) is 3.36. The lowest BCUT2D eigenvalue weighted by molar-refractivity contribution is -0.115. The molecular formula is C24H20Cl2N4O2S. The monoisotopic (exact) mass is 498 g/mol. The van der Waals surface area contributed by atoms with E-state index in [4.69, 9.17) is 27.6 Å². The Hall–Kier alpha value is -2.74. The first-order chi connectivity index (χ1) is 16.1. The molecule has 4 aromatic rings. The first-order valence-electron chi connectivity index (χ1n) is 10.5. The van der Waals surface area contributed by atoms with Gasteiger partial charge in [0.05, 0.1) is 12.8 Å². The molecule has 168 valence electrons. The van der Waals surface area contributed by atoms with Crippen molar-refractivity contribution in [3.63, 3.8) is 0 Å². The Morgan fingerprint density at radius 3 is 2.52 bits per heavy atom. The Bertz CT molecular complexity index is 1240. The number of halogens is 2. The zero-order valence-corrected chi connectivity index (χ0v) is 19.8. The van der Waals surface area contributed by atoms with Gasteiger partial charge < -0.3 is 9.73 Å². The summed E-state index contributed by atoms with van der Waals surface area (Å²) in [7, 11) is 0. The van der Waals surface area contributed by atoms with Gasteiger partial charge in [0.2, 0.25) is 5.91 Å². The van der Waals surface area contributed by atoms with Crippen LogP contribution in [0.4, 0.5) is 5.69 Å². The summed E-state index contributed by atoms with van der Waals surface area (Å²) in [6.07, 6.45) is 3.85. The molecule has 0 spiro atoms. The molecule has 0 aliphatic heterocycles. The van der Waals surface area contributed by atoms with Gasteiger partial charge in [-0.25, -0.2) is 0 Å². The normalized spacial score (nSPS) is 14.2. The fraction of sp³-hybridized carbons (Fsp3) is 0.208. The quantitative estimate of drug-likeness (QED) is 0.278. The minimum Gasteiger partial charge on any atom is -0.467 e. The minimum absolute atomic E-state index is 0.204. The maximum Gasteiger partial charge on any atom is 0.242 e. The summed E-state index contributed by atoms with van der Waals surface area (Å²) in [4.78, 5) is 13.4. The van der Waals surface area contributed by atoms with Crippen LogP contribution < -0.4 is 5.32 Å². The van der Waals surface area contributed by atoms with Crippen molar-refractivity contribution >= 4 is 46.6 Å². The van der Waals surface area contributed by atoms with E-state index in [1.54, 1.807) is 24.5 Å². The zero-order valence-electron chi connectivity index (χ0n) is 17.4. The van der Waals surface area contributed by atoms with Crippen molar-refractivity contribution in [1.82, 2.24) is 14.8 Å². The molecule has 1 saturated carbocycles. The van der Waals surface area contributed by atoms with Crippen LogP contribution in [0.15, 0.2) is 76.5 Å². The van der Waals surface area contributed by atoms with Crippen LogP contribution in [0.3, 0.4) is 0 Å². The van der Waals surface area contributed by atoms with E-state index in [2.05, 4.69) is 20.1 Å². The summed E-state index contributed by atoms with van der Waals surface area (Å²) in [5.74, 6) is 1.94. The van der Waals surface area contributed by atoms with Gasteiger partial charge in [0, 0.05) is 21.7 Å². The lowest BCUT2D eigenvalue weighted by atomic mass is 10.1. The molecule has 1 amide bonds. The molecule has 0 saturated heterocycles. The van der Waals surface area contributed by atoms with Crippen LogP contribution in [-0.4, -0.2) is 20.7 Å². The Kier molecular flexibility index (Phi) is 6.44. The summed E-state index contributed by atoms with van der Waals surface area (Å²) >= 11 is 13.6. The van der Waals surface area contributed by atoms with Crippen LogP contribution in [0, 0.1) is 0 Å². The van der Waals surface area contributed by atoms with E-state index in [1.807, 2.05) is 42.5 Å². The molecule has 33 heavy (non-hydrogen) atoms. The number of furan rings is 1. The molecule has 2 aromatic heterocycles. The Balaban J connectivity index is 1.46. The third-order valence-electron chi connectivity index (χ3n) is 5.28. The van der Waals surface area contributed by atoms with Gasteiger partial charge in [-0.1, -0.05) is 65.3 Å². The molecule has 1 N–H and O–H groups in total. The van der Waals surface area contributed by atoms with Crippen molar-refractivity contribution in [2.24, 2.45) is 0 Å². The van der Waals surface area contributed by atoms with Gasteiger partial charge in [0.1, 0.15) is 16.8 Å². The third-order valence-corrected chi connectivity index (χ3v) is 6.95. The Labute approximate surface area is 205 Å². The Morgan fingerprint density at radius 1 is 1.09 bits per heavy atom. The number of amides is 1. The molecular weight excluding hydrogens is 479 g/mol. The van der Waals surface area contributed by atoms with E-state index in [0.717, 1.165) is 30.0 Å². The lowest BCUT2D eigenvalue weighted by Gasteiger charge is -2.17. The van der Waals surface area contributed by atoms with Gasteiger partial charge in [-0.15, -0.1) is 10.2 Å². The van der Waals surface area contributed by atoms with Crippen LogP contribution in [0.2, 0.25) is 10.0 Å². The summed E-state index contributed by atoms with van der Waals surface area (Å²) in [5.41, 5.74) is 1.39. The van der Waals surface area contributed by atoms with E-state index in [9.17, 15) is 4.79 Å². The molecule has 6 nitrogen and oxygen atoms in total. The van der Waals surface area contributed by atoms with Crippen LogP contribution >= 0.6 is 35.0 Å². The number of thioether (sulfide) groups is 1. The maximum atomic E-state index is 13.4. The maximum absolute atomic E-state index is 13.4. The molecule has 1 atom stereocenters. The van der Waals surface area contributed by atoms with Crippen molar-refractivity contribution in [3.05, 3.63) is 94.1 Å². The van der Waals surface area contributed by atoms with Crippen LogP contribution in [0.25, 0.3) is 0 Å². The number of aromatic nitrogens is 3. The number of hydrogen-bond donors (Lipinski definition) is 1. The number of carbonyl (C=O) groups excluding carboxylic acids is 1. The molecule has 1 aliphatic rings. The molecule has 0 radical (unpaired) electrons. The van der Waals surface area contributed by atoms with Crippen molar-refractivity contribution in [1.29, 1.82) is 0 Å². The highest BCUT2D eigenvalue weighted by Crippen LogP contribution is 2.42. The lowest BCUT2D eigenvalue weighted by Crippen LogP contribution is -2.20. The van der Waals surface area contributed by atoms with Gasteiger partial charge in [0.15, 0.2) is 5.16 Å². The van der Waals surface area contributed by atoms with E-state index in [1.165, 1.54) is 11.8 Å². The smallest absolute Gasteiger partial charge is 0.242 e. The van der Waals surface area contributed by atoms with Gasteiger partial charge in [-0.2, -0.15) is 0 Å². The van der Waals surface area contributed by atoms with Crippen LogP contribution in [0.1, 0.15) is 41.2 Å². The zero-order chi connectivity index (χ0) is 22.8. The molecule has 2 aromatic carbocycles. The summed E-state index contributed by atoms with van der Waals surface area (Å²) in [5, 5.41) is 12.9. The van der Waals surface area contributed by atoms with Crippen molar-refractivity contribution in [2.45, 2.75) is 35.7 Å². The summed E-state index contributed by atoms with van der Waals surface area (Å²) in [6.45, 7) is 0.515. The molecule has 1 unspecified atom stereocenters. The third kappa shape index (κ3) is 5.27. The number of nitrogens with one attached hydrogen (secondary N) is 1. The standard InChI is InChI=1S/C24H20Cl2N4O2S/c25-17-11-18(26)13-19(12-17)27-23(31)21(15-5-2-1-3-6-15)33-24-29-28-22(16-8-9-16)30(24)14-20-7-4-10-32-20/h1-7,10-13,16,21H,8-9,14H2,(H,27,31). The highest BCUT2D eigenvalue weighted by molar-refractivity contribution is 8.00. The van der Waals surface area contributed by atoms with Gasteiger partial charge in [-0.05, 0) is 48.7 Å². The highest BCUT2D eigenvalue weighted by atomic mass is 35.5. The molecule has 2 heterocycles. The van der Waals surface area contributed by atoms with E-state index in [0.29, 0.717) is 33.4 Å². The second-order valence-corrected chi connectivity index (χ2v) is 9.78. The SMILES string of the molecule is O=C(Nc1cc(Cl)cc(Cl)c1)C(Sc1nnc(C2CC2)n1Cc1ccco1)c1ccccc1. The number of hydrogen-bond acceptors (Lipinski definition) is 5. The van der Waals surface area contributed by atoms with E-state index in [-0.39, 0.29) is 5.91 Å². The van der Waals surface area contributed by atoms with Gasteiger partial charge in [0.25, 0.3) is 0 Å². The van der Waals surface area contributed by atoms with Crippen LogP contribution in [-0.2, 0) is 11.3 Å². The fourth-order valence-corrected chi connectivity index (χ4v) is 5.15. The largest absolute Gasteiger partial charge is 0.467 e. The molecule has 5 rings (SSSR count). The van der Waals surface area contributed by atoms with E-state index < -0.39 is 5.25 Å². The van der Waals surface area contributed by atoms with Crippen molar-refractivity contribution < 1.29 is 9.21 Å². The number of nitrogens with zero attached hydrogens (tertiary/aromatic N) is 3. The number of carbonyl (C=O) groups is 1. The second-order valence-electron chi connectivity index (χ2n) is 7.84. The van der Waals surface area contributed by atoms with E-state index >= 15 is 0 Å². The first kappa shape index (κ1) is 22.1. The van der Waals surface area contributed by atoms with Crippen molar-refractivity contribution in [3.8, 4) is 0 Å². The van der Waals surface area contributed by atoms with Crippen molar-refractivity contribution in [2.75, 3.05) is 5.32 Å². The number of anilines is 1. The first-order valence-corrected chi connectivity index (χ1v) is 12.1. The topological polar surface area (TPSA) is 73.0 Å². The van der Waals surface area contributed by atoms with Gasteiger partial charge >= 0.3 is 0 Å². The van der Waals surface area contributed by atoms with Gasteiger partial charge in [-0.3, -0.25) is 9.36 Å². The molecule has 1 fully saturated rings. The van der Waals surface area contributed by atoms with Crippen LogP contribution in [0.5, 0.6) is 0 Å². The summed E-state index contributed by atoms with van der Waals surface area (Å²) < 4.78 is 7.62.